The highest BCUT2D eigenvalue weighted by Gasteiger charge is 2.16. The molecule has 2 aromatic heterocycles. The molecule has 0 unspecified atom stereocenters. The van der Waals surface area contributed by atoms with Gasteiger partial charge in [0.05, 0.1) is 19.0 Å². The number of thiazole rings is 1. The largest absolute Gasteiger partial charge is 0.461 e. The van der Waals surface area contributed by atoms with Gasteiger partial charge in [-0.2, -0.15) is 5.10 Å². The van der Waals surface area contributed by atoms with Gasteiger partial charge in [0, 0.05) is 5.38 Å². The lowest BCUT2D eigenvalue weighted by Gasteiger charge is -1.98. The van der Waals surface area contributed by atoms with Crippen molar-refractivity contribution < 1.29 is 14.3 Å². The van der Waals surface area contributed by atoms with E-state index >= 15 is 0 Å². The molecule has 2 aromatic rings. The zero-order valence-corrected chi connectivity index (χ0v) is 10.7. The highest BCUT2D eigenvalue weighted by Crippen LogP contribution is 2.12. The van der Waals surface area contributed by atoms with Crippen LogP contribution in [0.15, 0.2) is 17.8 Å². The number of esters is 1. The second-order valence-electron chi connectivity index (χ2n) is 3.18. The summed E-state index contributed by atoms with van der Waals surface area (Å²) in [5, 5.41) is 11.2. The van der Waals surface area contributed by atoms with Crippen LogP contribution < -0.4 is 5.32 Å². The van der Waals surface area contributed by atoms with Crippen LogP contribution in [0.1, 0.15) is 27.2 Å². The number of carbonyl (C=O) groups is 2. The molecule has 98 valence electrons. The lowest BCUT2D eigenvalue weighted by Crippen LogP contribution is -2.15. The minimum atomic E-state index is -0.552. The summed E-state index contributed by atoms with van der Waals surface area (Å²) in [7, 11) is 0. The van der Waals surface area contributed by atoms with Gasteiger partial charge in [0.2, 0.25) is 11.0 Å². The molecule has 0 bridgehead atoms. The summed E-state index contributed by atoms with van der Waals surface area (Å²) in [4.78, 5) is 30.9. The van der Waals surface area contributed by atoms with Crippen molar-refractivity contribution in [3.05, 3.63) is 28.5 Å². The van der Waals surface area contributed by atoms with Gasteiger partial charge in [-0.25, -0.2) is 14.8 Å². The van der Waals surface area contributed by atoms with Gasteiger partial charge >= 0.3 is 5.97 Å². The highest BCUT2D eigenvalue weighted by atomic mass is 32.1. The standard InChI is InChI=1S/C10H9N5O3S/c1-2-18-9(17)8-13-6(5-19-8)7(16)14-10-11-3-4-12-15-10/h3-5H,2H2,1H3,(H,11,14,15,16). The topological polar surface area (TPSA) is 107 Å². The van der Waals surface area contributed by atoms with E-state index in [0.29, 0.717) is 0 Å². The fraction of sp³-hybridized carbons (Fsp3) is 0.200. The van der Waals surface area contributed by atoms with Crippen LogP contribution in [0, 0.1) is 0 Å². The molecule has 0 aliphatic heterocycles. The fourth-order valence-electron chi connectivity index (χ4n) is 1.14. The van der Waals surface area contributed by atoms with Crippen LogP contribution in [-0.4, -0.2) is 38.6 Å². The van der Waals surface area contributed by atoms with E-state index in [9.17, 15) is 9.59 Å². The summed E-state index contributed by atoms with van der Waals surface area (Å²) in [5.41, 5.74) is 0.0977. The molecule has 1 amide bonds. The van der Waals surface area contributed by atoms with Crippen molar-refractivity contribution in [2.45, 2.75) is 6.92 Å². The predicted molar refractivity (Wildman–Crippen MR) is 65.9 cm³/mol. The SMILES string of the molecule is CCOC(=O)c1nc(C(=O)Nc2nccnn2)cs1. The minimum absolute atomic E-state index is 0.0678. The first kappa shape index (κ1) is 13.0. The number of ether oxygens (including phenoxy) is 1. The number of aromatic nitrogens is 4. The van der Waals surface area contributed by atoms with E-state index in [0.717, 1.165) is 11.3 Å². The monoisotopic (exact) mass is 279 g/mol. The average molecular weight is 279 g/mol. The van der Waals surface area contributed by atoms with Crippen molar-refractivity contribution in [3.8, 4) is 0 Å². The molecule has 0 fully saturated rings. The lowest BCUT2D eigenvalue weighted by atomic mass is 10.4. The van der Waals surface area contributed by atoms with Crippen LogP contribution in [-0.2, 0) is 4.74 Å². The number of carbonyl (C=O) groups excluding carboxylic acids is 2. The number of hydrogen-bond acceptors (Lipinski definition) is 8. The van der Waals surface area contributed by atoms with Gasteiger partial charge in [-0.15, -0.1) is 16.4 Å². The van der Waals surface area contributed by atoms with Gasteiger partial charge in [0.15, 0.2) is 0 Å². The van der Waals surface area contributed by atoms with Crippen molar-refractivity contribution in [2.75, 3.05) is 11.9 Å². The van der Waals surface area contributed by atoms with Crippen LogP contribution >= 0.6 is 11.3 Å². The second-order valence-corrected chi connectivity index (χ2v) is 4.04. The number of anilines is 1. The van der Waals surface area contributed by atoms with E-state index in [1.807, 2.05) is 0 Å². The Hall–Kier alpha value is -2.42. The van der Waals surface area contributed by atoms with Crippen molar-refractivity contribution in [3.63, 3.8) is 0 Å². The summed E-state index contributed by atoms with van der Waals surface area (Å²) < 4.78 is 4.78. The van der Waals surface area contributed by atoms with Gasteiger partial charge in [-0.05, 0) is 6.92 Å². The molecule has 1 N–H and O–H groups in total. The van der Waals surface area contributed by atoms with E-state index in [-0.39, 0.29) is 23.3 Å². The number of hydrogen-bond donors (Lipinski definition) is 1. The number of amides is 1. The zero-order chi connectivity index (χ0) is 13.7. The quantitative estimate of drug-likeness (QED) is 0.823. The molecule has 19 heavy (non-hydrogen) atoms. The molecule has 2 rings (SSSR count). The van der Waals surface area contributed by atoms with Crippen molar-refractivity contribution >= 4 is 29.2 Å². The number of nitrogens with one attached hydrogen (secondary N) is 1. The summed E-state index contributed by atoms with van der Waals surface area (Å²) in [6.45, 7) is 1.95. The third-order valence-electron chi connectivity index (χ3n) is 1.89. The smallest absolute Gasteiger partial charge is 0.367 e. The molecule has 0 spiro atoms. The molecular formula is C10H9N5O3S. The Morgan fingerprint density at radius 3 is 2.95 bits per heavy atom. The van der Waals surface area contributed by atoms with Gasteiger partial charge in [0.1, 0.15) is 5.69 Å². The molecule has 0 aromatic carbocycles. The van der Waals surface area contributed by atoms with Crippen LogP contribution in [0.5, 0.6) is 0 Å². The lowest BCUT2D eigenvalue weighted by molar-refractivity contribution is 0.0526. The predicted octanol–water partition coefficient (Wildman–Crippen LogP) is 0.757. The van der Waals surface area contributed by atoms with E-state index in [1.54, 1.807) is 6.92 Å². The van der Waals surface area contributed by atoms with Gasteiger partial charge < -0.3 is 4.74 Å². The van der Waals surface area contributed by atoms with Crippen LogP contribution in [0.4, 0.5) is 5.95 Å². The van der Waals surface area contributed by atoms with Crippen molar-refractivity contribution in [1.29, 1.82) is 0 Å². The Labute approximate surface area is 111 Å². The third kappa shape index (κ3) is 3.28. The maximum atomic E-state index is 11.8. The number of nitrogens with zero attached hydrogens (tertiary/aromatic N) is 4. The molecule has 2 heterocycles. The van der Waals surface area contributed by atoms with Crippen molar-refractivity contribution in [2.24, 2.45) is 0 Å². The summed E-state index contributed by atoms with van der Waals surface area (Å²) in [6.07, 6.45) is 2.78. The third-order valence-corrected chi connectivity index (χ3v) is 2.72. The Balaban J connectivity index is 2.06. The molecule has 8 nitrogen and oxygen atoms in total. The molecule has 0 atom stereocenters. The Morgan fingerprint density at radius 2 is 2.26 bits per heavy atom. The van der Waals surface area contributed by atoms with Gasteiger partial charge in [0.25, 0.3) is 5.91 Å². The molecule has 9 heteroatoms. The van der Waals surface area contributed by atoms with Crippen LogP contribution in [0.2, 0.25) is 0 Å². The van der Waals surface area contributed by atoms with Crippen molar-refractivity contribution in [1.82, 2.24) is 20.2 Å². The first-order valence-corrected chi connectivity index (χ1v) is 6.16. The minimum Gasteiger partial charge on any atom is -0.461 e. The highest BCUT2D eigenvalue weighted by molar-refractivity contribution is 7.11. The first-order valence-electron chi connectivity index (χ1n) is 5.28. The Bertz CT molecular complexity index is 586. The summed E-state index contributed by atoms with van der Waals surface area (Å²) >= 11 is 1.03. The fourth-order valence-corrected chi connectivity index (χ4v) is 1.82. The maximum absolute atomic E-state index is 11.8. The van der Waals surface area contributed by atoms with Crippen LogP contribution in [0.25, 0.3) is 0 Å². The van der Waals surface area contributed by atoms with Crippen LogP contribution in [0.3, 0.4) is 0 Å². The Kier molecular flexibility index (Phi) is 4.08. The summed E-state index contributed by atoms with van der Waals surface area (Å²) in [5.74, 6) is -0.998. The number of rotatable bonds is 4. The normalized spacial score (nSPS) is 9.95. The van der Waals surface area contributed by atoms with E-state index < -0.39 is 11.9 Å². The molecule has 0 saturated carbocycles. The van der Waals surface area contributed by atoms with E-state index in [2.05, 4.69) is 25.5 Å². The average Bonchev–Trinajstić information content (AvgIpc) is 2.90. The first-order chi connectivity index (χ1) is 9.20. The molecule has 0 aliphatic carbocycles. The summed E-state index contributed by atoms with van der Waals surface area (Å²) in [6, 6.07) is 0. The molecular weight excluding hydrogens is 270 g/mol. The maximum Gasteiger partial charge on any atom is 0.367 e. The van der Waals surface area contributed by atoms with Gasteiger partial charge in [-0.1, -0.05) is 0 Å². The zero-order valence-electron chi connectivity index (χ0n) is 9.86. The van der Waals surface area contributed by atoms with Gasteiger partial charge in [-0.3, -0.25) is 10.1 Å². The van der Waals surface area contributed by atoms with E-state index in [1.165, 1.54) is 17.8 Å². The molecule has 0 aliphatic rings. The molecule has 0 radical (unpaired) electrons. The second kappa shape index (κ2) is 5.96. The van der Waals surface area contributed by atoms with E-state index in [4.69, 9.17) is 4.74 Å². The molecule has 0 saturated heterocycles. The Morgan fingerprint density at radius 1 is 1.42 bits per heavy atom.